The van der Waals surface area contributed by atoms with Crippen molar-refractivity contribution in [3.63, 3.8) is 0 Å². The first-order valence-corrected chi connectivity index (χ1v) is 6.12. The molecule has 0 unspecified atom stereocenters. The maximum Gasteiger partial charge on any atom is 0.330 e. The van der Waals surface area contributed by atoms with Crippen molar-refractivity contribution in [3.8, 4) is 0 Å². The Bertz CT molecular complexity index is 132. The molecule has 0 heterocycles. The van der Waals surface area contributed by atoms with E-state index in [1.165, 1.54) is 0 Å². The second kappa shape index (κ2) is 11.4. The Morgan fingerprint density at radius 2 is 1.67 bits per heavy atom. The quantitative estimate of drug-likeness (QED) is 0.484. The van der Waals surface area contributed by atoms with Gasteiger partial charge >= 0.3 is 5.97 Å². The van der Waals surface area contributed by atoms with Crippen LogP contribution in [0.4, 0.5) is 0 Å². The molecule has 0 atom stereocenters. The van der Waals surface area contributed by atoms with E-state index in [0.717, 1.165) is 0 Å². The van der Waals surface area contributed by atoms with Crippen molar-refractivity contribution in [2.45, 2.75) is 13.3 Å². The third-order valence-electron chi connectivity index (χ3n) is 0.729. The lowest BCUT2D eigenvalue weighted by Gasteiger charge is -1.87. The number of hydrogen-bond acceptors (Lipinski definition) is 1. The zero-order valence-electron chi connectivity index (χ0n) is 8.13. The average Bonchev–Trinajstić information content (AvgIpc) is 1.85. The first-order chi connectivity index (χ1) is 4.91. The molecule has 0 spiro atoms. The molecule has 0 saturated heterocycles. The van der Waals surface area contributed by atoms with E-state index in [9.17, 15) is 4.79 Å². The number of carbonyl (C=O) groups is 1. The van der Waals surface area contributed by atoms with Gasteiger partial charge in [0.05, 0.1) is 0 Å². The second-order valence-corrected chi connectivity index (χ2v) is 5.29. The zero-order valence-corrected chi connectivity index (χ0v) is 11.3. The number of aliphatic carboxylic acids is 1. The molecule has 74 valence electrons. The number of halogens is 1. The minimum atomic E-state index is -0.900. The van der Waals surface area contributed by atoms with Crippen molar-refractivity contribution in [1.29, 1.82) is 0 Å². The molecule has 0 aromatic carbocycles. The molecule has 0 aliphatic carbocycles. The van der Waals surface area contributed by atoms with Crippen LogP contribution in [0.15, 0.2) is 12.2 Å². The SMILES string of the molecule is C=C(CC)C(=O)O.CP(C)C.I. The zero-order chi connectivity index (χ0) is 9.44. The molecule has 12 heavy (non-hydrogen) atoms. The Labute approximate surface area is 93.2 Å². The molecule has 0 radical (unpaired) electrons. The van der Waals surface area contributed by atoms with E-state index in [0.29, 0.717) is 14.3 Å². The predicted molar refractivity (Wildman–Crippen MR) is 67.2 cm³/mol. The van der Waals surface area contributed by atoms with Crippen LogP contribution in [0.5, 0.6) is 0 Å². The molecular weight excluding hydrogens is 286 g/mol. The number of rotatable bonds is 2. The van der Waals surface area contributed by atoms with E-state index in [-0.39, 0.29) is 29.5 Å². The van der Waals surface area contributed by atoms with Crippen LogP contribution < -0.4 is 0 Å². The van der Waals surface area contributed by atoms with Crippen LogP contribution in [-0.2, 0) is 4.79 Å². The predicted octanol–water partition coefficient (Wildman–Crippen LogP) is 3.01. The minimum Gasteiger partial charge on any atom is -0.478 e. The number of hydrogen-bond donors (Lipinski definition) is 1. The van der Waals surface area contributed by atoms with Crippen molar-refractivity contribution in [2.24, 2.45) is 0 Å². The molecule has 0 aromatic rings. The lowest BCUT2D eigenvalue weighted by Crippen LogP contribution is -1.95. The van der Waals surface area contributed by atoms with Gasteiger partial charge in [-0.1, -0.05) is 13.5 Å². The van der Waals surface area contributed by atoms with Crippen LogP contribution in [0, 0.1) is 0 Å². The Hall–Kier alpha value is 0.370. The summed E-state index contributed by atoms with van der Waals surface area (Å²) in [5.74, 6) is -0.900. The summed E-state index contributed by atoms with van der Waals surface area (Å²) in [6, 6.07) is 0. The van der Waals surface area contributed by atoms with Gasteiger partial charge in [-0.15, -0.1) is 31.9 Å². The maximum absolute atomic E-state index is 9.83. The number of carboxylic acid groups (broad SMARTS) is 1. The van der Waals surface area contributed by atoms with Crippen LogP contribution in [0.2, 0.25) is 0 Å². The molecule has 0 aliphatic rings. The second-order valence-electron chi connectivity index (χ2n) is 2.60. The van der Waals surface area contributed by atoms with Crippen LogP contribution in [0.3, 0.4) is 0 Å². The number of carboxylic acids is 1. The van der Waals surface area contributed by atoms with Gasteiger partial charge in [-0.25, -0.2) is 4.79 Å². The molecule has 0 aliphatic heterocycles. The van der Waals surface area contributed by atoms with Crippen LogP contribution in [-0.4, -0.2) is 31.1 Å². The summed E-state index contributed by atoms with van der Waals surface area (Å²) in [6.07, 6.45) is 0.523. The highest BCUT2D eigenvalue weighted by atomic mass is 127. The van der Waals surface area contributed by atoms with Gasteiger partial charge in [0, 0.05) is 5.57 Å². The summed E-state index contributed by atoms with van der Waals surface area (Å²) in [4.78, 5) is 9.83. The molecule has 0 rings (SSSR count). The van der Waals surface area contributed by atoms with Crippen molar-refractivity contribution in [3.05, 3.63) is 12.2 Å². The molecule has 2 nitrogen and oxygen atoms in total. The minimum absolute atomic E-state index is 0. The normalized spacial score (nSPS) is 7.75. The molecule has 0 aromatic heterocycles. The van der Waals surface area contributed by atoms with Gasteiger partial charge in [-0.2, -0.15) is 0 Å². The fraction of sp³-hybridized carbons (Fsp3) is 0.625. The highest BCUT2D eigenvalue weighted by Gasteiger charge is 1.96. The van der Waals surface area contributed by atoms with Gasteiger partial charge in [0.25, 0.3) is 0 Å². The van der Waals surface area contributed by atoms with Gasteiger partial charge in [-0.05, 0) is 26.4 Å². The van der Waals surface area contributed by atoms with Crippen LogP contribution in [0.25, 0.3) is 0 Å². The molecule has 4 heteroatoms. The molecule has 0 saturated carbocycles. The highest BCUT2D eigenvalue weighted by molar-refractivity contribution is 14.0. The summed E-state index contributed by atoms with van der Waals surface area (Å²) in [6.45, 7) is 11.7. The summed E-state index contributed by atoms with van der Waals surface area (Å²) < 4.78 is 0. The van der Waals surface area contributed by atoms with Crippen molar-refractivity contribution >= 4 is 37.9 Å². The summed E-state index contributed by atoms with van der Waals surface area (Å²) in [7, 11) is 0.380. The molecular formula is C8H18IO2P. The monoisotopic (exact) mass is 304 g/mol. The smallest absolute Gasteiger partial charge is 0.330 e. The molecule has 0 bridgehead atoms. The van der Waals surface area contributed by atoms with Gasteiger partial charge < -0.3 is 5.11 Å². The standard InChI is InChI=1S/C5H8O2.C3H9P.HI/c1-3-4(2)5(6)7;1-4(2)3;/h2-3H2,1H3,(H,6,7);1-3H3;1H. The van der Waals surface area contributed by atoms with Gasteiger partial charge in [0.1, 0.15) is 0 Å². The lowest BCUT2D eigenvalue weighted by molar-refractivity contribution is -0.132. The highest BCUT2D eigenvalue weighted by Crippen LogP contribution is 2.14. The van der Waals surface area contributed by atoms with Gasteiger partial charge in [-0.3, -0.25) is 0 Å². The Morgan fingerprint density at radius 3 is 1.67 bits per heavy atom. The summed E-state index contributed by atoms with van der Waals surface area (Å²) in [5.41, 5.74) is 0.264. The van der Waals surface area contributed by atoms with Crippen molar-refractivity contribution < 1.29 is 9.90 Å². The van der Waals surface area contributed by atoms with Gasteiger partial charge in [0.15, 0.2) is 0 Å². The first-order valence-electron chi connectivity index (χ1n) is 3.43. The third kappa shape index (κ3) is 22.4. The average molecular weight is 304 g/mol. The van der Waals surface area contributed by atoms with Crippen LogP contribution in [0.1, 0.15) is 13.3 Å². The van der Waals surface area contributed by atoms with E-state index in [1.54, 1.807) is 6.92 Å². The van der Waals surface area contributed by atoms with Gasteiger partial charge in [0.2, 0.25) is 0 Å². The third-order valence-corrected chi connectivity index (χ3v) is 0.729. The summed E-state index contributed by atoms with van der Waals surface area (Å²) in [5, 5.41) is 8.08. The Balaban J connectivity index is -0.000000142. The Kier molecular flexibility index (Phi) is 17.3. The van der Waals surface area contributed by atoms with Crippen LogP contribution >= 0.6 is 31.9 Å². The summed E-state index contributed by atoms with van der Waals surface area (Å²) >= 11 is 0. The largest absolute Gasteiger partial charge is 0.478 e. The van der Waals surface area contributed by atoms with E-state index < -0.39 is 5.97 Å². The topological polar surface area (TPSA) is 37.3 Å². The molecule has 1 N–H and O–H groups in total. The fourth-order valence-electron chi connectivity index (χ4n) is 0.151. The van der Waals surface area contributed by atoms with E-state index in [4.69, 9.17) is 5.11 Å². The van der Waals surface area contributed by atoms with E-state index >= 15 is 0 Å². The van der Waals surface area contributed by atoms with E-state index in [2.05, 4.69) is 26.6 Å². The van der Waals surface area contributed by atoms with E-state index in [1.807, 2.05) is 0 Å². The lowest BCUT2D eigenvalue weighted by atomic mass is 10.2. The Morgan fingerprint density at radius 1 is 1.42 bits per heavy atom. The maximum atomic E-state index is 9.83. The molecule has 0 fully saturated rings. The molecule has 0 amide bonds. The first kappa shape index (κ1) is 18.2. The van der Waals surface area contributed by atoms with Crippen molar-refractivity contribution in [2.75, 3.05) is 20.0 Å². The van der Waals surface area contributed by atoms with Crippen molar-refractivity contribution in [1.82, 2.24) is 0 Å². The fourth-order valence-corrected chi connectivity index (χ4v) is 0.151.